The van der Waals surface area contributed by atoms with Crippen LogP contribution in [0.25, 0.3) is 0 Å². The minimum atomic E-state index is -1.10. The standard InChI is InChI=1S/C30H30N6O7/c37-27(38)17-24(22-2-1-11-31-18-22)32-29(40)21-7-10-26(34-12-14-35(15-13-34)30(41)20-3-4-20)25(16-21)33-28(39)19-5-8-23(9-6-19)36(42)43/h1-2,5-11,16,18,20,24H,3-4,12-15,17H2,(H,32,40)(H,33,39)(H,37,38). The summed E-state index contributed by atoms with van der Waals surface area (Å²) in [6.45, 7) is 2.09. The summed E-state index contributed by atoms with van der Waals surface area (Å²) < 4.78 is 0. The fourth-order valence-electron chi connectivity index (χ4n) is 4.99. The molecule has 1 unspecified atom stereocenters. The van der Waals surface area contributed by atoms with Gasteiger partial charge < -0.3 is 25.5 Å². The van der Waals surface area contributed by atoms with E-state index in [1.54, 1.807) is 30.5 Å². The number of nitrogens with zero attached hydrogens (tertiary/aromatic N) is 4. The van der Waals surface area contributed by atoms with E-state index < -0.39 is 28.7 Å². The molecule has 3 N–H and O–H groups in total. The van der Waals surface area contributed by atoms with Gasteiger partial charge >= 0.3 is 5.97 Å². The van der Waals surface area contributed by atoms with Crippen LogP contribution >= 0.6 is 0 Å². The van der Waals surface area contributed by atoms with Crippen molar-refractivity contribution in [2.24, 2.45) is 5.92 Å². The highest BCUT2D eigenvalue weighted by atomic mass is 16.6. The van der Waals surface area contributed by atoms with Crippen molar-refractivity contribution in [3.05, 3.63) is 93.8 Å². The Bertz CT molecular complexity index is 1530. The number of pyridine rings is 1. The molecule has 1 aromatic heterocycles. The number of rotatable bonds is 10. The van der Waals surface area contributed by atoms with E-state index in [9.17, 15) is 34.4 Å². The zero-order chi connectivity index (χ0) is 30.5. The van der Waals surface area contributed by atoms with Gasteiger partial charge in [-0.3, -0.25) is 34.3 Å². The largest absolute Gasteiger partial charge is 0.481 e. The Morgan fingerprint density at radius 3 is 2.28 bits per heavy atom. The number of piperazine rings is 1. The second kappa shape index (κ2) is 12.7. The molecular formula is C30H30N6O7. The molecule has 2 aliphatic rings. The van der Waals surface area contributed by atoms with Crippen molar-refractivity contribution in [3.63, 3.8) is 0 Å². The van der Waals surface area contributed by atoms with Crippen LogP contribution in [0.2, 0.25) is 0 Å². The lowest BCUT2D eigenvalue weighted by molar-refractivity contribution is -0.384. The van der Waals surface area contributed by atoms with Crippen LogP contribution < -0.4 is 15.5 Å². The van der Waals surface area contributed by atoms with Crippen LogP contribution in [0, 0.1) is 16.0 Å². The summed E-state index contributed by atoms with van der Waals surface area (Å²) in [5.41, 5.74) is 1.71. The summed E-state index contributed by atoms with van der Waals surface area (Å²) >= 11 is 0. The minimum absolute atomic E-state index is 0.123. The van der Waals surface area contributed by atoms with Crippen LogP contribution in [0.1, 0.15) is 51.6 Å². The molecule has 0 bridgehead atoms. The van der Waals surface area contributed by atoms with Crippen LogP contribution in [0.5, 0.6) is 0 Å². The molecule has 3 aromatic rings. The number of benzene rings is 2. The molecule has 43 heavy (non-hydrogen) atoms. The van der Waals surface area contributed by atoms with Crippen LogP contribution in [0.3, 0.4) is 0 Å². The van der Waals surface area contributed by atoms with E-state index in [0.717, 1.165) is 12.8 Å². The van der Waals surface area contributed by atoms with Gasteiger partial charge in [0.2, 0.25) is 5.91 Å². The lowest BCUT2D eigenvalue weighted by atomic mass is 10.0. The second-order valence-electron chi connectivity index (χ2n) is 10.5. The van der Waals surface area contributed by atoms with Crippen molar-refractivity contribution < 1.29 is 29.2 Å². The third-order valence-corrected chi connectivity index (χ3v) is 7.48. The normalized spacial score (nSPS) is 15.3. The number of carbonyl (C=O) groups excluding carboxylic acids is 3. The molecule has 1 saturated carbocycles. The van der Waals surface area contributed by atoms with Crippen LogP contribution in [-0.2, 0) is 9.59 Å². The highest BCUT2D eigenvalue weighted by Crippen LogP contribution is 2.33. The number of hydrogen-bond acceptors (Lipinski definition) is 8. The Morgan fingerprint density at radius 2 is 1.67 bits per heavy atom. The molecule has 0 radical (unpaired) electrons. The molecular weight excluding hydrogens is 556 g/mol. The monoisotopic (exact) mass is 586 g/mol. The van der Waals surface area contributed by atoms with Gasteiger partial charge in [0.1, 0.15) is 0 Å². The van der Waals surface area contributed by atoms with Crippen molar-refractivity contribution in [2.45, 2.75) is 25.3 Å². The average Bonchev–Trinajstić information content (AvgIpc) is 3.86. The molecule has 3 amide bonds. The fraction of sp³-hybridized carbons (Fsp3) is 0.300. The SMILES string of the molecule is O=C(O)CC(NC(=O)c1ccc(N2CCN(C(=O)C3CC3)CC2)c(NC(=O)c2ccc([N+](=O)[O-])cc2)c1)c1cccnc1. The molecule has 13 heteroatoms. The van der Waals surface area contributed by atoms with Gasteiger partial charge in [-0.15, -0.1) is 0 Å². The molecule has 2 fully saturated rings. The Balaban J connectivity index is 1.39. The summed E-state index contributed by atoms with van der Waals surface area (Å²) in [5, 5.41) is 26.0. The number of aromatic nitrogens is 1. The summed E-state index contributed by atoms with van der Waals surface area (Å²) in [7, 11) is 0. The molecule has 1 aliphatic heterocycles. The van der Waals surface area contributed by atoms with Gasteiger partial charge in [0.15, 0.2) is 0 Å². The van der Waals surface area contributed by atoms with Crippen molar-refractivity contribution >= 4 is 40.8 Å². The first-order valence-corrected chi connectivity index (χ1v) is 13.9. The minimum Gasteiger partial charge on any atom is -0.481 e. The molecule has 1 aliphatic carbocycles. The van der Waals surface area contributed by atoms with E-state index in [0.29, 0.717) is 43.1 Å². The molecule has 0 spiro atoms. The van der Waals surface area contributed by atoms with Gasteiger partial charge in [0.05, 0.1) is 28.8 Å². The van der Waals surface area contributed by atoms with E-state index in [-0.39, 0.29) is 35.1 Å². The highest BCUT2D eigenvalue weighted by Gasteiger charge is 2.35. The molecule has 2 heterocycles. The number of non-ortho nitro benzene ring substituents is 1. The lowest BCUT2D eigenvalue weighted by Crippen LogP contribution is -2.49. The van der Waals surface area contributed by atoms with E-state index in [4.69, 9.17) is 0 Å². The summed E-state index contributed by atoms with van der Waals surface area (Å²) in [6, 6.07) is 12.4. The predicted molar refractivity (Wildman–Crippen MR) is 156 cm³/mol. The predicted octanol–water partition coefficient (Wildman–Crippen LogP) is 3.25. The zero-order valence-corrected chi connectivity index (χ0v) is 23.1. The topological polar surface area (TPSA) is 175 Å². The van der Waals surface area contributed by atoms with Crippen LogP contribution in [-0.4, -0.2) is 69.8 Å². The molecule has 2 aromatic carbocycles. The second-order valence-corrected chi connectivity index (χ2v) is 10.5. The third kappa shape index (κ3) is 7.12. The van der Waals surface area contributed by atoms with Crippen molar-refractivity contribution in [3.8, 4) is 0 Å². The van der Waals surface area contributed by atoms with Crippen LogP contribution in [0.15, 0.2) is 67.0 Å². The van der Waals surface area contributed by atoms with Gasteiger partial charge in [-0.25, -0.2) is 0 Å². The molecule has 13 nitrogen and oxygen atoms in total. The van der Waals surface area contributed by atoms with Crippen molar-refractivity contribution in [1.82, 2.24) is 15.2 Å². The number of amides is 3. The van der Waals surface area contributed by atoms with Gasteiger partial charge in [-0.2, -0.15) is 0 Å². The van der Waals surface area contributed by atoms with Crippen LogP contribution in [0.4, 0.5) is 17.1 Å². The van der Waals surface area contributed by atoms with Gasteiger partial charge in [-0.05, 0) is 54.8 Å². The lowest BCUT2D eigenvalue weighted by Gasteiger charge is -2.37. The number of carboxylic acids is 1. The Kier molecular flexibility index (Phi) is 8.60. The number of nitro benzene ring substituents is 1. The number of anilines is 2. The third-order valence-electron chi connectivity index (χ3n) is 7.48. The fourth-order valence-corrected chi connectivity index (χ4v) is 4.99. The van der Waals surface area contributed by atoms with E-state index in [2.05, 4.69) is 15.6 Å². The molecule has 222 valence electrons. The summed E-state index contributed by atoms with van der Waals surface area (Å²) in [6.07, 6.45) is 4.53. The summed E-state index contributed by atoms with van der Waals surface area (Å²) in [5.74, 6) is -1.89. The highest BCUT2D eigenvalue weighted by molar-refractivity contribution is 6.07. The van der Waals surface area contributed by atoms with E-state index >= 15 is 0 Å². The van der Waals surface area contributed by atoms with Crippen molar-refractivity contribution in [1.29, 1.82) is 0 Å². The first-order valence-electron chi connectivity index (χ1n) is 13.9. The maximum absolute atomic E-state index is 13.3. The molecule has 1 saturated heterocycles. The van der Waals surface area contributed by atoms with Gasteiger partial charge in [-0.1, -0.05) is 6.07 Å². The summed E-state index contributed by atoms with van der Waals surface area (Å²) in [4.78, 5) is 68.9. The Hall–Kier alpha value is -5.33. The molecule has 5 rings (SSSR count). The maximum Gasteiger partial charge on any atom is 0.305 e. The molecule has 1 atom stereocenters. The number of nitrogens with one attached hydrogen (secondary N) is 2. The number of aliphatic carboxylic acids is 1. The van der Waals surface area contributed by atoms with Gasteiger partial charge in [0, 0.05) is 67.8 Å². The number of nitro groups is 1. The number of carboxylic acid groups (broad SMARTS) is 1. The Labute approximate surface area is 246 Å². The first-order chi connectivity index (χ1) is 20.7. The first kappa shape index (κ1) is 29.2. The number of hydrogen-bond donors (Lipinski definition) is 3. The Morgan fingerprint density at radius 1 is 0.977 bits per heavy atom. The average molecular weight is 587 g/mol. The van der Waals surface area contributed by atoms with Gasteiger partial charge in [0.25, 0.3) is 17.5 Å². The number of carbonyl (C=O) groups is 4. The van der Waals surface area contributed by atoms with Crippen molar-refractivity contribution in [2.75, 3.05) is 36.4 Å². The van der Waals surface area contributed by atoms with E-state index in [1.807, 2.05) is 9.80 Å². The quantitative estimate of drug-likeness (QED) is 0.238. The maximum atomic E-state index is 13.3. The van der Waals surface area contributed by atoms with E-state index in [1.165, 1.54) is 36.5 Å². The smallest absolute Gasteiger partial charge is 0.305 e. The zero-order valence-electron chi connectivity index (χ0n) is 23.1.